The number of aromatic nitrogens is 1. The van der Waals surface area contributed by atoms with Crippen LogP contribution in [0.2, 0.25) is 0 Å². The van der Waals surface area contributed by atoms with Crippen molar-refractivity contribution in [3.63, 3.8) is 0 Å². The van der Waals surface area contributed by atoms with Gasteiger partial charge in [0.25, 0.3) is 0 Å². The van der Waals surface area contributed by atoms with Crippen LogP contribution in [0.1, 0.15) is 33.7 Å². The van der Waals surface area contributed by atoms with E-state index in [9.17, 15) is 4.79 Å². The van der Waals surface area contributed by atoms with Crippen molar-refractivity contribution in [3.8, 4) is 0 Å². The monoisotopic (exact) mass is 234 g/mol. The second-order valence-corrected chi connectivity index (χ2v) is 4.67. The first-order valence-corrected chi connectivity index (χ1v) is 5.81. The molecule has 4 heteroatoms. The Morgan fingerprint density at radius 1 is 1.47 bits per heavy atom. The SMILES string of the molecule is Cc1[nH]c(C(=O)O)c(C)c1C1=CCN(C)CC1. The second kappa shape index (κ2) is 4.37. The minimum atomic E-state index is -0.884. The Kier molecular flexibility index (Phi) is 3.07. The maximum absolute atomic E-state index is 11.1. The number of aryl methyl sites for hydroxylation is 1. The first-order chi connectivity index (χ1) is 8.00. The number of likely N-dealkylation sites (N-methyl/N-ethyl adjacent to an activating group) is 1. The number of rotatable bonds is 2. The van der Waals surface area contributed by atoms with Crippen molar-refractivity contribution in [2.24, 2.45) is 0 Å². The zero-order valence-electron chi connectivity index (χ0n) is 10.5. The summed E-state index contributed by atoms with van der Waals surface area (Å²) in [5.74, 6) is -0.884. The van der Waals surface area contributed by atoms with Crippen LogP contribution in [0.15, 0.2) is 6.08 Å². The normalized spacial score (nSPS) is 17.0. The Morgan fingerprint density at radius 3 is 2.65 bits per heavy atom. The van der Waals surface area contributed by atoms with Crippen LogP contribution in [0.25, 0.3) is 5.57 Å². The van der Waals surface area contributed by atoms with Crippen molar-refractivity contribution >= 4 is 11.5 Å². The Labute approximate surface area is 101 Å². The second-order valence-electron chi connectivity index (χ2n) is 4.67. The number of hydrogen-bond donors (Lipinski definition) is 2. The van der Waals surface area contributed by atoms with Crippen molar-refractivity contribution in [3.05, 3.63) is 28.6 Å². The highest BCUT2D eigenvalue weighted by atomic mass is 16.4. The third-order valence-electron chi connectivity index (χ3n) is 3.38. The fourth-order valence-electron chi connectivity index (χ4n) is 2.44. The molecule has 17 heavy (non-hydrogen) atoms. The number of carboxylic acid groups (broad SMARTS) is 1. The van der Waals surface area contributed by atoms with Gasteiger partial charge in [0.1, 0.15) is 5.69 Å². The summed E-state index contributed by atoms with van der Waals surface area (Å²) in [5.41, 5.74) is 4.48. The van der Waals surface area contributed by atoms with E-state index in [0.29, 0.717) is 5.69 Å². The van der Waals surface area contributed by atoms with Crippen molar-refractivity contribution in [2.45, 2.75) is 20.3 Å². The molecular weight excluding hydrogens is 216 g/mol. The molecule has 0 saturated heterocycles. The molecule has 0 bridgehead atoms. The van der Waals surface area contributed by atoms with Gasteiger partial charge in [-0.25, -0.2) is 4.79 Å². The summed E-state index contributed by atoms with van der Waals surface area (Å²) in [4.78, 5) is 16.3. The molecule has 92 valence electrons. The van der Waals surface area contributed by atoms with Gasteiger partial charge < -0.3 is 15.0 Å². The lowest BCUT2D eigenvalue weighted by atomic mass is 9.96. The summed E-state index contributed by atoms with van der Waals surface area (Å²) < 4.78 is 0. The number of H-pyrrole nitrogens is 1. The smallest absolute Gasteiger partial charge is 0.352 e. The standard InChI is InChI=1S/C13H18N2O2/c1-8-11(9(2)14-12(8)13(16)17)10-4-6-15(3)7-5-10/h4,14H,5-7H2,1-3H3,(H,16,17). The molecule has 4 nitrogen and oxygen atoms in total. The van der Waals surface area contributed by atoms with Gasteiger partial charge in [0.2, 0.25) is 0 Å². The lowest BCUT2D eigenvalue weighted by molar-refractivity contribution is 0.0690. The molecule has 1 aliphatic heterocycles. The fourth-order valence-corrected chi connectivity index (χ4v) is 2.44. The van der Waals surface area contributed by atoms with Crippen LogP contribution in [-0.2, 0) is 0 Å². The molecule has 0 unspecified atom stereocenters. The van der Waals surface area contributed by atoms with E-state index in [0.717, 1.165) is 36.3 Å². The number of aromatic carboxylic acids is 1. The average molecular weight is 234 g/mol. The molecule has 1 aromatic heterocycles. The molecular formula is C13H18N2O2. The Bertz CT molecular complexity index is 486. The summed E-state index contributed by atoms with van der Waals surface area (Å²) >= 11 is 0. The summed E-state index contributed by atoms with van der Waals surface area (Å²) in [6.45, 7) is 5.77. The van der Waals surface area contributed by atoms with E-state index in [2.05, 4.69) is 23.0 Å². The third-order valence-corrected chi connectivity index (χ3v) is 3.38. The molecule has 0 radical (unpaired) electrons. The number of carboxylic acids is 1. The van der Waals surface area contributed by atoms with Crippen LogP contribution in [-0.4, -0.2) is 41.1 Å². The van der Waals surface area contributed by atoms with Crippen LogP contribution in [0.3, 0.4) is 0 Å². The topological polar surface area (TPSA) is 56.3 Å². The zero-order chi connectivity index (χ0) is 12.6. The summed E-state index contributed by atoms with van der Waals surface area (Å²) in [5, 5.41) is 9.08. The Hall–Kier alpha value is -1.55. The van der Waals surface area contributed by atoms with Gasteiger partial charge in [-0.2, -0.15) is 0 Å². The lowest BCUT2D eigenvalue weighted by Crippen LogP contribution is -2.23. The van der Waals surface area contributed by atoms with E-state index in [1.807, 2.05) is 13.8 Å². The van der Waals surface area contributed by atoms with E-state index >= 15 is 0 Å². The maximum atomic E-state index is 11.1. The number of carbonyl (C=O) groups is 1. The van der Waals surface area contributed by atoms with E-state index < -0.39 is 5.97 Å². The summed E-state index contributed by atoms with van der Waals surface area (Å²) in [6.07, 6.45) is 3.17. The summed E-state index contributed by atoms with van der Waals surface area (Å²) in [7, 11) is 2.09. The first-order valence-electron chi connectivity index (χ1n) is 5.81. The van der Waals surface area contributed by atoms with Gasteiger partial charge in [-0.3, -0.25) is 0 Å². The third kappa shape index (κ3) is 2.13. The number of aromatic amines is 1. The van der Waals surface area contributed by atoms with Gasteiger partial charge in [0.05, 0.1) is 0 Å². The minimum Gasteiger partial charge on any atom is -0.477 e. The number of hydrogen-bond acceptors (Lipinski definition) is 2. The first kappa shape index (κ1) is 11.9. The lowest BCUT2D eigenvalue weighted by Gasteiger charge is -2.22. The minimum absolute atomic E-state index is 0.317. The molecule has 0 fully saturated rings. The van der Waals surface area contributed by atoms with E-state index in [1.54, 1.807) is 0 Å². The van der Waals surface area contributed by atoms with Gasteiger partial charge in [-0.15, -0.1) is 0 Å². The van der Waals surface area contributed by atoms with Crippen molar-refractivity contribution in [1.29, 1.82) is 0 Å². The highest BCUT2D eigenvalue weighted by Gasteiger charge is 2.20. The van der Waals surface area contributed by atoms with E-state index in [1.165, 1.54) is 5.57 Å². The zero-order valence-corrected chi connectivity index (χ0v) is 10.5. The molecule has 0 saturated carbocycles. The molecule has 2 N–H and O–H groups in total. The highest BCUT2D eigenvalue weighted by molar-refractivity contribution is 5.90. The molecule has 0 spiro atoms. The summed E-state index contributed by atoms with van der Waals surface area (Å²) in [6, 6.07) is 0. The molecule has 0 aliphatic carbocycles. The highest BCUT2D eigenvalue weighted by Crippen LogP contribution is 2.29. The maximum Gasteiger partial charge on any atom is 0.352 e. The number of nitrogens with one attached hydrogen (secondary N) is 1. The predicted octanol–water partition coefficient (Wildman–Crippen LogP) is 2.05. The van der Waals surface area contributed by atoms with Crippen LogP contribution >= 0.6 is 0 Å². The van der Waals surface area contributed by atoms with E-state index in [-0.39, 0.29) is 0 Å². The largest absolute Gasteiger partial charge is 0.477 e. The van der Waals surface area contributed by atoms with E-state index in [4.69, 9.17) is 5.11 Å². The van der Waals surface area contributed by atoms with Crippen molar-refractivity contribution < 1.29 is 9.90 Å². The molecule has 0 amide bonds. The van der Waals surface area contributed by atoms with Crippen molar-refractivity contribution in [2.75, 3.05) is 20.1 Å². The van der Waals surface area contributed by atoms with Gasteiger partial charge in [-0.05, 0) is 38.5 Å². The Morgan fingerprint density at radius 2 is 2.18 bits per heavy atom. The van der Waals surface area contributed by atoms with Gasteiger partial charge in [0.15, 0.2) is 0 Å². The molecule has 0 atom stereocenters. The van der Waals surface area contributed by atoms with Crippen LogP contribution in [0, 0.1) is 13.8 Å². The van der Waals surface area contributed by atoms with Gasteiger partial charge >= 0.3 is 5.97 Å². The fraction of sp³-hybridized carbons (Fsp3) is 0.462. The van der Waals surface area contributed by atoms with Crippen LogP contribution in [0.4, 0.5) is 0 Å². The molecule has 1 aromatic rings. The number of nitrogens with zero attached hydrogens (tertiary/aromatic N) is 1. The molecule has 2 heterocycles. The molecule has 1 aliphatic rings. The van der Waals surface area contributed by atoms with Gasteiger partial charge in [0, 0.05) is 24.3 Å². The Balaban J connectivity index is 2.42. The van der Waals surface area contributed by atoms with Gasteiger partial charge in [-0.1, -0.05) is 6.08 Å². The quantitative estimate of drug-likeness (QED) is 0.823. The van der Waals surface area contributed by atoms with Crippen LogP contribution in [0.5, 0.6) is 0 Å². The van der Waals surface area contributed by atoms with Crippen LogP contribution < -0.4 is 0 Å². The average Bonchev–Trinajstić information content (AvgIpc) is 2.56. The molecule has 2 rings (SSSR count). The van der Waals surface area contributed by atoms with Crippen molar-refractivity contribution in [1.82, 2.24) is 9.88 Å². The predicted molar refractivity (Wildman–Crippen MR) is 67.3 cm³/mol. The molecule has 0 aromatic carbocycles.